The molecule has 0 spiro atoms. The second-order valence-electron chi connectivity index (χ2n) is 8.16. The molecule has 2 rings (SSSR count). The molecule has 2 aromatic carbocycles. The molecule has 9 nitrogen and oxygen atoms in total. The summed E-state index contributed by atoms with van der Waals surface area (Å²) in [5.41, 5.74) is 3.18. The number of nitro groups is 1. The molecule has 3 amide bonds. The van der Waals surface area contributed by atoms with Gasteiger partial charge in [0.25, 0.3) is 11.6 Å². The molecular formula is C23H27ClN4O5. The number of benzene rings is 2. The Morgan fingerprint density at radius 1 is 1.06 bits per heavy atom. The lowest BCUT2D eigenvalue weighted by atomic mass is 10.0. The van der Waals surface area contributed by atoms with Crippen molar-refractivity contribution in [1.29, 1.82) is 0 Å². The normalized spacial score (nSPS) is 11.6. The number of amides is 3. The average molecular weight is 475 g/mol. The number of nitrogens with one attached hydrogen (secondary N) is 3. The number of rotatable bonds is 8. The van der Waals surface area contributed by atoms with E-state index in [0.29, 0.717) is 5.69 Å². The van der Waals surface area contributed by atoms with E-state index in [-0.39, 0.29) is 23.0 Å². The van der Waals surface area contributed by atoms with E-state index in [9.17, 15) is 24.5 Å². The summed E-state index contributed by atoms with van der Waals surface area (Å²) in [4.78, 5) is 48.0. The van der Waals surface area contributed by atoms with Crippen molar-refractivity contribution in [2.24, 2.45) is 5.92 Å². The van der Waals surface area contributed by atoms with E-state index in [1.807, 2.05) is 32.9 Å². The quantitative estimate of drug-likeness (QED) is 0.396. The van der Waals surface area contributed by atoms with Gasteiger partial charge in [0.15, 0.2) is 0 Å². The van der Waals surface area contributed by atoms with Crippen LogP contribution in [0.3, 0.4) is 0 Å². The first kappa shape index (κ1) is 25.8. The number of hydrogen-bond acceptors (Lipinski definition) is 5. The second-order valence-corrected chi connectivity index (χ2v) is 8.57. The van der Waals surface area contributed by atoms with Crippen molar-refractivity contribution >= 4 is 40.7 Å². The molecule has 3 N–H and O–H groups in total. The lowest BCUT2D eigenvalue weighted by molar-refractivity contribution is -0.384. The zero-order valence-corrected chi connectivity index (χ0v) is 19.9. The summed E-state index contributed by atoms with van der Waals surface area (Å²) < 4.78 is 0. The number of nitro benzene ring substituents is 1. The van der Waals surface area contributed by atoms with Crippen molar-refractivity contribution in [1.82, 2.24) is 10.6 Å². The first-order valence-corrected chi connectivity index (χ1v) is 10.7. The van der Waals surface area contributed by atoms with Crippen LogP contribution >= 0.6 is 11.6 Å². The molecule has 0 aromatic heterocycles. The summed E-state index contributed by atoms with van der Waals surface area (Å²) in [5, 5.41) is 18.9. The average Bonchev–Trinajstić information content (AvgIpc) is 2.72. The van der Waals surface area contributed by atoms with Crippen LogP contribution in [0.2, 0.25) is 5.02 Å². The van der Waals surface area contributed by atoms with Crippen molar-refractivity contribution in [2.45, 2.75) is 40.7 Å². The Hall–Kier alpha value is -3.46. The lowest BCUT2D eigenvalue weighted by Crippen LogP contribution is -2.51. The zero-order chi connectivity index (χ0) is 24.9. The topological polar surface area (TPSA) is 130 Å². The van der Waals surface area contributed by atoms with Crippen molar-refractivity contribution in [3.8, 4) is 0 Å². The number of nitrogens with zero attached hydrogens (tertiary/aromatic N) is 1. The number of aryl methyl sites for hydroxylation is 3. The summed E-state index contributed by atoms with van der Waals surface area (Å²) in [6, 6.07) is 6.58. The number of halogens is 1. The third-order valence-corrected chi connectivity index (χ3v) is 5.32. The highest BCUT2D eigenvalue weighted by molar-refractivity contribution is 6.32. The predicted octanol–water partition coefficient (Wildman–Crippen LogP) is 3.68. The van der Waals surface area contributed by atoms with E-state index in [0.717, 1.165) is 22.8 Å². The van der Waals surface area contributed by atoms with E-state index < -0.39 is 34.4 Å². The zero-order valence-electron chi connectivity index (χ0n) is 19.1. The molecule has 1 atom stereocenters. The third kappa shape index (κ3) is 6.76. The molecule has 1 unspecified atom stereocenters. The van der Waals surface area contributed by atoms with Crippen LogP contribution in [0.5, 0.6) is 0 Å². The van der Waals surface area contributed by atoms with Gasteiger partial charge in [-0.1, -0.05) is 43.1 Å². The largest absolute Gasteiger partial charge is 0.345 e. The van der Waals surface area contributed by atoms with E-state index in [2.05, 4.69) is 16.0 Å². The first-order valence-electron chi connectivity index (χ1n) is 10.3. The van der Waals surface area contributed by atoms with Gasteiger partial charge in [-0.3, -0.25) is 24.5 Å². The smallest absolute Gasteiger partial charge is 0.288 e. The summed E-state index contributed by atoms with van der Waals surface area (Å²) >= 11 is 5.78. The summed E-state index contributed by atoms with van der Waals surface area (Å²) in [6.07, 6.45) is 0. The van der Waals surface area contributed by atoms with Crippen LogP contribution in [-0.2, 0) is 9.59 Å². The van der Waals surface area contributed by atoms with Crippen LogP contribution in [-0.4, -0.2) is 35.2 Å². The van der Waals surface area contributed by atoms with Gasteiger partial charge in [0, 0.05) is 17.3 Å². The Kier molecular flexibility index (Phi) is 8.53. The SMILES string of the molecule is Cc1cc(C)c(NC(=O)CNC(=O)C(NC(=O)c2ccc(Cl)c([N+](=O)[O-])c2)C(C)C)c(C)c1. The van der Waals surface area contributed by atoms with Gasteiger partial charge in [-0.2, -0.15) is 0 Å². The highest BCUT2D eigenvalue weighted by Crippen LogP contribution is 2.25. The minimum absolute atomic E-state index is 0.00684. The van der Waals surface area contributed by atoms with Crippen molar-refractivity contribution in [2.75, 3.05) is 11.9 Å². The van der Waals surface area contributed by atoms with Crippen LogP contribution in [0, 0.1) is 36.8 Å². The molecule has 0 aliphatic carbocycles. The molecular weight excluding hydrogens is 448 g/mol. The number of hydrogen-bond donors (Lipinski definition) is 3. The van der Waals surface area contributed by atoms with Gasteiger partial charge in [-0.05, 0) is 49.9 Å². The molecule has 0 saturated heterocycles. The molecule has 0 saturated carbocycles. The van der Waals surface area contributed by atoms with Gasteiger partial charge >= 0.3 is 0 Å². The van der Waals surface area contributed by atoms with Gasteiger partial charge < -0.3 is 16.0 Å². The fraction of sp³-hybridized carbons (Fsp3) is 0.348. The van der Waals surface area contributed by atoms with E-state index in [4.69, 9.17) is 11.6 Å². The van der Waals surface area contributed by atoms with Gasteiger partial charge in [-0.25, -0.2) is 0 Å². The van der Waals surface area contributed by atoms with Crippen molar-refractivity contribution < 1.29 is 19.3 Å². The Bertz CT molecular complexity index is 1080. The van der Waals surface area contributed by atoms with Gasteiger partial charge in [-0.15, -0.1) is 0 Å². The van der Waals surface area contributed by atoms with Crippen LogP contribution in [0.25, 0.3) is 0 Å². The Balaban J connectivity index is 2.04. The summed E-state index contributed by atoms with van der Waals surface area (Å²) in [6.45, 7) is 8.92. The Morgan fingerprint density at radius 2 is 1.67 bits per heavy atom. The maximum Gasteiger partial charge on any atom is 0.288 e. The van der Waals surface area contributed by atoms with Gasteiger partial charge in [0.1, 0.15) is 11.1 Å². The minimum Gasteiger partial charge on any atom is -0.345 e. The van der Waals surface area contributed by atoms with Crippen molar-refractivity contribution in [3.63, 3.8) is 0 Å². The monoisotopic (exact) mass is 474 g/mol. The highest BCUT2D eigenvalue weighted by Gasteiger charge is 2.26. The number of carbonyl (C=O) groups is 3. The maximum atomic E-state index is 12.7. The number of anilines is 1. The number of carbonyl (C=O) groups excluding carboxylic acids is 3. The van der Waals surface area contributed by atoms with Gasteiger partial charge in [0.2, 0.25) is 11.8 Å². The Labute approximate surface area is 197 Å². The molecule has 0 aliphatic heterocycles. The molecule has 0 heterocycles. The van der Waals surface area contributed by atoms with Gasteiger partial charge in [0.05, 0.1) is 11.5 Å². The minimum atomic E-state index is -0.956. The van der Waals surface area contributed by atoms with E-state index in [1.54, 1.807) is 13.8 Å². The maximum absolute atomic E-state index is 12.7. The highest BCUT2D eigenvalue weighted by atomic mass is 35.5. The molecule has 0 radical (unpaired) electrons. The van der Waals surface area contributed by atoms with E-state index >= 15 is 0 Å². The van der Waals surface area contributed by atoms with Crippen LogP contribution < -0.4 is 16.0 Å². The molecule has 33 heavy (non-hydrogen) atoms. The molecule has 0 aliphatic rings. The third-order valence-electron chi connectivity index (χ3n) is 5.01. The van der Waals surface area contributed by atoms with Crippen LogP contribution in [0.15, 0.2) is 30.3 Å². The fourth-order valence-electron chi connectivity index (χ4n) is 3.39. The van der Waals surface area contributed by atoms with Crippen LogP contribution in [0.1, 0.15) is 40.9 Å². The molecule has 176 valence electrons. The molecule has 2 aromatic rings. The Morgan fingerprint density at radius 3 is 2.21 bits per heavy atom. The second kappa shape index (κ2) is 10.9. The van der Waals surface area contributed by atoms with E-state index in [1.165, 1.54) is 12.1 Å². The van der Waals surface area contributed by atoms with Crippen LogP contribution in [0.4, 0.5) is 11.4 Å². The molecule has 0 fully saturated rings. The summed E-state index contributed by atoms with van der Waals surface area (Å²) in [5.74, 6) is -1.92. The fourth-order valence-corrected chi connectivity index (χ4v) is 3.58. The summed E-state index contributed by atoms with van der Waals surface area (Å²) in [7, 11) is 0. The molecule has 10 heteroatoms. The van der Waals surface area contributed by atoms with Crippen molar-refractivity contribution in [3.05, 3.63) is 67.7 Å². The predicted molar refractivity (Wildman–Crippen MR) is 126 cm³/mol. The first-order chi connectivity index (χ1) is 15.4. The molecule has 0 bridgehead atoms. The lowest BCUT2D eigenvalue weighted by Gasteiger charge is -2.22. The standard InChI is InChI=1S/C23H27ClN4O5/c1-12(2)20(27-22(30)16-6-7-17(24)18(10-16)28(32)33)23(31)25-11-19(29)26-21-14(4)8-13(3)9-15(21)5/h6-10,12,20H,11H2,1-5H3,(H,25,31)(H,26,29)(H,27,30).